The Bertz CT molecular complexity index is 641. The van der Waals surface area contributed by atoms with Crippen molar-refractivity contribution in [2.24, 2.45) is 11.8 Å². The van der Waals surface area contributed by atoms with Crippen LogP contribution >= 0.6 is 0 Å². The van der Waals surface area contributed by atoms with E-state index in [0.29, 0.717) is 22.9 Å². The Labute approximate surface area is 173 Å². The van der Waals surface area contributed by atoms with Crippen LogP contribution in [0.2, 0.25) is 63.5 Å². The molecular formula is C24H44Si3. The third kappa shape index (κ3) is 4.62. The van der Waals surface area contributed by atoms with Gasteiger partial charge in [-0.2, -0.15) is 0 Å². The summed E-state index contributed by atoms with van der Waals surface area (Å²) in [5.74, 6) is 1.31. The first-order chi connectivity index (χ1) is 12.1. The van der Waals surface area contributed by atoms with E-state index in [1.54, 1.807) is 21.5 Å². The second-order valence-electron chi connectivity index (χ2n) is 12.1. The van der Waals surface area contributed by atoms with E-state index in [-0.39, 0.29) is 0 Å². The predicted molar refractivity (Wildman–Crippen MR) is 134 cm³/mol. The summed E-state index contributed by atoms with van der Waals surface area (Å²) >= 11 is 0. The molecule has 0 aromatic carbocycles. The van der Waals surface area contributed by atoms with Crippen LogP contribution in [0.15, 0.2) is 45.8 Å². The standard InChI is InChI=1S/C24H44Si3/c1-17(2)21-13-19(25(5,6)7)15-23(21)27(11,12)24-16-20(26(8,9)10)14-22(24)18(3)4/h13-18,23-24H,1-12H3. The van der Waals surface area contributed by atoms with Gasteiger partial charge in [-0.05, 0) is 22.9 Å². The van der Waals surface area contributed by atoms with E-state index in [1.165, 1.54) is 0 Å². The van der Waals surface area contributed by atoms with Gasteiger partial charge >= 0.3 is 0 Å². The van der Waals surface area contributed by atoms with Crippen LogP contribution < -0.4 is 0 Å². The number of hydrogen-bond acceptors (Lipinski definition) is 0. The molecule has 0 radical (unpaired) electrons. The fraction of sp³-hybridized carbons (Fsp3) is 0.667. The van der Waals surface area contributed by atoms with Crippen molar-refractivity contribution >= 4 is 24.2 Å². The lowest BCUT2D eigenvalue weighted by Crippen LogP contribution is -2.39. The van der Waals surface area contributed by atoms with Crippen LogP contribution in [0.4, 0.5) is 0 Å². The summed E-state index contributed by atoms with van der Waals surface area (Å²) in [7, 11) is -4.12. The van der Waals surface area contributed by atoms with E-state index < -0.39 is 24.2 Å². The van der Waals surface area contributed by atoms with Crippen LogP contribution in [0.5, 0.6) is 0 Å². The lowest BCUT2D eigenvalue weighted by Gasteiger charge is -2.39. The lowest BCUT2D eigenvalue weighted by molar-refractivity contribution is 0.725. The largest absolute Gasteiger partial charge is 0.0808 e. The first kappa shape index (κ1) is 22.9. The smallest absolute Gasteiger partial charge is 0.0771 e. The van der Waals surface area contributed by atoms with E-state index in [4.69, 9.17) is 0 Å². The maximum absolute atomic E-state index is 2.73. The zero-order chi connectivity index (χ0) is 20.9. The van der Waals surface area contributed by atoms with Crippen molar-refractivity contribution in [1.29, 1.82) is 0 Å². The van der Waals surface area contributed by atoms with Crippen molar-refractivity contribution in [2.75, 3.05) is 0 Å². The quantitative estimate of drug-likeness (QED) is 0.382. The van der Waals surface area contributed by atoms with Crippen LogP contribution in [0, 0.1) is 11.8 Å². The molecule has 0 amide bonds. The first-order valence-corrected chi connectivity index (χ1v) is 21.1. The Hall–Kier alpha value is -0.389. The molecule has 0 aromatic heterocycles. The third-order valence-electron chi connectivity index (χ3n) is 6.72. The van der Waals surface area contributed by atoms with Gasteiger partial charge in [-0.1, -0.05) is 126 Å². The fourth-order valence-corrected chi connectivity index (χ4v) is 11.7. The Morgan fingerprint density at radius 1 is 0.593 bits per heavy atom. The summed E-state index contributed by atoms with van der Waals surface area (Å²) in [6, 6.07) is 0. The summed E-state index contributed by atoms with van der Waals surface area (Å²) in [5.41, 5.74) is 4.84. The van der Waals surface area contributed by atoms with E-state index in [9.17, 15) is 0 Å². The molecule has 0 aromatic rings. The van der Waals surface area contributed by atoms with Gasteiger partial charge in [-0.15, -0.1) is 0 Å². The van der Waals surface area contributed by atoms with E-state index in [0.717, 1.165) is 0 Å². The van der Waals surface area contributed by atoms with Gasteiger partial charge in [0.25, 0.3) is 0 Å². The van der Waals surface area contributed by atoms with Crippen molar-refractivity contribution in [1.82, 2.24) is 0 Å². The molecule has 0 saturated carbocycles. The molecule has 0 saturated heterocycles. The average Bonchev–Trinajstić information content (AvgIpc) is 3.11. The van der Waals surface area contributed by atoms with Crippen LogP contribution in [0.3, 0.4) is 0 Å². The highest BCUT2D eigenvalue weighted by Gasteiger charge is 2.46. The minimum atomic E-state index is -1.58. The van der Waals surface area contributed by atoms with Gasteiger partial charge in [0.2, 0.25) is 0 Å². The number of hydrogen-bond donors (Lipinski definition) is 0. The van der Waals surface area contributed by atoms with Crippen LogP contribution in [0.1, 0.15) is 27.7 Å². The van der Waals surface area contributed by atoms with Gasteiger partial charge in [-0.3, -0.25) is 0 Å². The summed E-state index contributed by atoms with van der Waals surface area (Å²) in [4.78, 5) is 0. The van der Waals surface area contributed by atoms with Crippen LogP contribution in [-0.4, -0.2) is 24.2 Å². The van der Waals surface area contributed by atoms with Crippen molar-refractivity contribution in [3.05, 3.63) is 45.8 Å². The molecular weight excluding hydrogens is 373 g/mol. The maximum atomic E-state index is 2.73. The zero-order valence-corrected chi connectivity index (χ0v) is 23.1. The van der Waals surface area contributed by atoms with Gasteiger partial charge in [0.1, 0.15) is 0 Å². The van der Waals surface area contributed by atoms with Gasteiger partial charge in [0.15, 0.2) is 0 Å². The molecule has 0 heterocycles. The molecule has 2 unspecified atom stereocenters. The average molecular weight is 417 g/mol. The second-order valence-corrected chi connectivity index (χ2v) is 27.2. The Morgan fingerprint density at radius 3 is 1.11 bits per heavy atom. The summed E-state index contributed by atoms with van der Waals surface area (Å²) < 4.78 is 0. The Balaban J connectivity index is 2.53. The van der Waals surface area contributed by atoms with Gasteiger partial charge in [0.05, 0.1) is 24.2 Å². The van der Waals surface area contributed by atoms with Crippen molar-refractivity contribution in [3.63, 3.8) is 0 Å². The second kappa shape index (κ2) is 7.46. The van der Waals surface area contributed by atoms with Crippen molar-refractivity contribution < 1.29 is 0 Å². The summed E-state index contributed by atoms with van der Waals surface area (Å²) in [6.07, 6.45) is 10.7. The highest BCUT2D eigenvalue weighted by molar-refractivity contribution is 6.87. The molecule has 2 aliphatic carbocycles. The van der Waals surface area contributed by atoms with Gasteiger partial charge in [0, 0.05) is 0 Å². The topological polar surface area (TPSA) is 0 Å². The molecule has 0 fully saturated rings. The molecule has 0 N–H and O–H groups in total. The summed E-state index contributed by atoms with van der Waals surface area (Å²) in [6.45, 7) is 30.0. The Morgan fingerprint density at radius 2 is 0.889 bits per heavy atom. The number of allylic oxidation sites excluding steroid dienone is 8. The minimum Gasteiger partial charge on any atom is -0.0808 e. The van der Waals surface area contributed by atoms with Gasteiger partial charge < -0.3 is 0 Å². The fourth-order valence-electron chi connectivity index (χ4n) is 4.65. The molecule has 2 rings (SSSR count). The monoisotopic (exact) mass is 416 g/mol. The van der Waals surface area contributed by atoms with Crippen molar-refractivity contribution in [3.8, 4) is 0 Å². The zero-order valence-electron chi connectivity index (χ0n) is 20.1. The molecule has 0 spiro atoms. The Kier molecular flexibility index (Phi) is 6.32. The van der Waals surface area contributed by atoms with Crippen LogP contribution in [-0.2, 0) is 0 Å². The normalized spacial score (nSPS) is 24.4. The van der Waals surface area contributed by atoms with Crippen LogP contribution in [0.25, 0.3) is 0 Å². The number of rotatable bonds is 6. The molecule has 152 valence electrons. The predicted octanol–water partition coefficient (Wildman–Crippen LogP) is 8.23. The highest BCUT2D eigenvalue weighted by atomic mass is 28.3. The minimum absolute atomic E-state index is 0.653. The molecule has 0 aliphatic heterocycles. The molecule has 27 heavy (non-hydrogen) atoms. The van der Waals surface area contributed by atoms with E-state index in [1.807, 2.05) is 0 Å². The molecule has 2 atom stereocenters. The van der Waals surface area contributed by atoms with E-state index in [2.05, 4.69) is 104 Å². The molecule has 3 heteroatoms. The molecule has 0 nitrogen and oxygen atoms in total. The van der Waals surface area contributed by atoms with Crippen molar-refractivity contribution in [2.45, 2.75) is 91.2 Å². The summed E-state index contributed by atoms with van der Waals surface area (Å²) in [5, 5.41) is 3.39. The third-order valence-corrected chi connectivity index (χ3v) is 15.0. The highest BCUT2D eigenvalue weighted by Crippen LogP contribution is 2.53. The SMILES string of the molecule is CC(C)C1=CC([Si](C)(C)C)=CC1[Si](C)(C)C1C=C([Si](C)(C)C)C=C1C(C)C. The lowest BCUT2D eigenvalue weighted by atomic mass is 10.0. The van der Waals surface area contributed by atoms with E-state index >= 15 is 0 Å². The molecule has 2 aliphatic rings. The first-order valence-electron chi connectivity index (χ1n) is 10.9. The van der Waals surface area contributed by atoms with Gasteiger partial charge in [-0.25, -0.2) is 0 Å². The molecule has 0 bridgehead atoms. The maximum Gasteiger partial charge on any atom is 0.0771 e.